The van der Waals surface area contributed by atoms with E-state index in [0.717, 1.165) is 15.4 Å². The molecule has 1 aromatic rings. The van der Waals surface area contributed by atoms with E-state index in [4.69, 9.17) is 0 Å². The van der Waals surface area contributed by atoms with Crippen LogP contribution >= 0.6 is 15.9 Å². The summed E-state index contributed by atoms with van der Waals surface area (Å²) in [4.78, 5) is 37.5. The Hall–Kier alpha value is -2.21. The first-order chi connectivity index (χ1) is 9.91. The van der Waals surface area contributed by atoms with Crippen LogP contribution in [-0.4, -0.2) is 41.7 Å². The second-order valence-corrected chi connectivity index (χ2v) is 5.42. The number of amides is 4. The molecule has 1 aliphatic rings. The average molecular weight is 349 g/mol. The van der Waals surface area contributed by atoms with Gasteiger partial charge in [-0.15, -0.1) is 0 Å². The zero-order valence-electron chi connectivity index (χ0n) is 11.5. The highest BCUT2D eigenvalue weighted by Crippen LogP contribution is 2.20. The van der Waals surface area contributed by atoms with Crippen molar-refractivity contribution in [1.29, 1.82) is 0 Å². The highest BCUT2D eigenvalue weighted by Gasteiger charge is 2.37. The maximum absolute atomic E-state index is 12.0. The topological polar surface area (TPSA) is 57.7 Å². The van der Waals surface area contributed by atoms with Crippen LogP contribution in [0.15, 0.2) is 46.5 Å². The minimum absolute atomic E-state index is 0.0568. The third kappa shape index (κ3) is 3.11. The molecule has 21 heavy (non-hydrogen) atoms. The minimum Gasteiger partial charge on any atom is -0.268 e. The average Bonchev–Trinajstić information content (AvgIpc) is 2.48. The fourth-order valence-corrected chi connectivity index (χ4v) is 2.36. The van der Waals surface area contributed by atoms with Crippen LogP contribution in [0.5, 0.6) is 0 Å². The first kappa shape index (κ1) is 15.2. The standard InChI is InChI=1S/C15H13BrN2O3/c1-17-13(19)12(14(20)18(2)15(17)21)9-11(16)8-10-6-4-3-5-7-10/h3-9H,1-2H3/b11-8-. The molecule has 1 saturated heterocycles. The molecule has 5 nitrogen and oxygen atoms in total. The number of barbiturate groups is 1. The van der Waals surface area contributed by atoms with Gasteiger partial charge in [0.25, 0.3) is 11.8 Å². The molecular weight excluding hydrogens is 336 g/mol. The molecule has 1 heterocycles. The van der Waals surface area contributed by atoms with E-state index in [1.807, 2.05) is 30.3 Å². The Morgan fingerprint density at radius 3 is 2.05 bits per heavy atom. The normalized spacial score (nSPS) is 16.6. The molecule has 0 unspecified atom stereocenters. The summed E-state index contributed by atoms with van der Waals surface area (Å²) < 4.78 is 0.571. The van der Waals surface area contributed by atoms with Crippen LogP contribution in [0, 0.1) is 0 Å². The summed E-state index contributed by atoms with van der Waals surface area (Å²) in [6.45, 7) is 0. The minimum atomic E-state index is -0.634. The van der Waals surface area contributed by atoms with Gasteiger partial charge in [0.15, 0.2) is 0 Å². The summed E-state index contributed by atoms with van der Waals surface area (Å²) in [5.74, 6) is -1.22. The van der Waals surface area contributed by atoms with Gasteiger partial charge < -0.3 is 0 Å². The highest BCUT2D eigenvalue weighted by molar-refractivity contribution is 9.12. The predicted molar refractivity (Wildman–Crippen MR) is 82.4 cm³/mol. The number of likely N-dealkylation sites (N-methyl/N-ethyl adjacent to an activating group) is 2. The molecule has 0 radical (unpaired) electrons. The first-order valence-corrected chi connectivity index (χ1v) is 6.95. The maximum Gasteiger partial charge on any atom is 0.333 e. The predicted octanol–water partition coefficient (Wildman–Crippen LogP) is 2.40. The summed E-state index contributed by atoms with van der Waals surface area (Å²) in [7, 11) is 2.69. The molecule has 0 N–H and O–H groups in total. The molecule has 1 aliphatic heterocycles. The Balaban J connectivity index is 2.35. The van der Waals surface area contributed by atoms with Crippen molar-refractivity contribution in [2.75, 3.05) is 14.1 Å². The number of allylic oxidation sites excluding steroid dienone is 2. The Morgan fingerprint density at radius 1 is 1.00 bits per heavy atom. The number of hydrogen-bond acceptors (Lipinski definition) is 3. The Labute approximate surface area is 130 Å². The van der Waals surface area contributed by atoms with Crippen LogP contribution in [0.2, 0.25) is 0 Å². The third-order valence-corrected chi connectivity index (χ3v) is 3.49. The molecule has 0 aliphatic carbocycles. The molecule has 4 amide bonds. The number of urea groups is 1. The molecule has 1 fully saturated rings. The van der Waals surface area contributed by atoms with Crippen LogP contribution in [0.25, 0.3) is 6.08 Å². The molecule has 0 saturated carbocycles. The molecule has 0 atom stereocenters. The van der Waals surface area contributed by atoms with Crippen molar-refractivity contribution in [3.05, 3.63) is 52.0 Å². The van der Waals surface area contributed by atoms with Crippen molar-refractivity contribution >= 4 is 39.9 Å². The molecule has 0 spiro atoms. The van der Waals surface area contributed by atoms with Crippen molar-refractivity contribution in [2.45, 2.75) is 0 Å². The van der Waals surface area contributed by atoms with Crippen LogP contribution in [-0.2, 0) is 9.59 Å². The summed E-state index contributed by atoms with van der Waals surface area (Å²) in [5, 5.41) is 0. The maximum atomic E-state index is 12.0. The lowest BCUT2D eigenvalue weighted by molar-refractivity contribution is -0.134. The van der Waals surface area contributed by atoms with Crippen molar-refractivity contribution < 1.29 is 14.4 Å². The number of halogens is 1. The lowest BCUT2D eigenvalue weighted by atomic mass is 10.1. The van der Waals surface area contributed by atoms with Crippen LogP contribution in [0.4, 0.5) is 4.79 Å². The van der Waals surface area contributed by atoms with Crippen LogP contribution < -0.4 is 0 Å². The lowest BCUT2D eigenvalue weighted by Gasteiger charge is -2.28. The van der Waals surface area contributed by atoms with Gasteiger partial charge in [0, 0.05) is 18.6 Å². The van der Waals surface area contributed by atoms with Gasteiger partial charge in [-0.05, 0) is 17.7 Å². The van der Waals surface area contributed by atoms with Gasteiger partial charge in [0.1, 0.15) is 5.57 Å². The monoisotopic (exact) mass is 348 g/mol. The van der Waals surface area contributed by atoms with Gasteiger partial charge in [-0.25, -0.2) is 4.79 Å². The molecule has 2 rings (SSSR count). The molecule has 0 aromatic heterocycles. The molecule has 0 bridgehead atoms. The highest BCUT2D eigenvalue weighted by atomic mass is 79.9. The zero-order chi connectivity index (χ0) is 15.6. The number of carbonyl (C=O) groups is 3. The summed E-state index contributed by atoms with van der Waals surface area (Å²) >= 11 is 3.32. The summed E-state index contributed by atoms with van der Waals surface area (Å²) in [6, 6.07) is 8.82. The SMILES string of the molecule is CN1C(=O)C(=C/C(Br)=C/c2ccccc2)C(=O)N(C)C1=O. The number of nitrogens with zero attached hydrogens (tertiary/aromatic N) is 2. The number of hydrogen-bond donors (Lipinski definition) is 0. The second-order valence-electron chi connectivity index (χ2n) is 4.51. The fourth-order valence-electron chi connectivity index (χ4n) is 1.86. The number of benzene rings is 1. The summed E-state index contributed by atoms with van der Waals surface area (Å²) in [6.07, 6.45) is 3.21. The molecule has 1 aromatic carbocycles. The van der Waals surface area contributed by atoms with Crippen LogP contribution in [0.1, 0.15) is 5.56 Å². The number of imide groups is 2. The Morgan fingerprint density at radius 2 is 1.52 bits per heavy atom. The van der Waals surface area contributed by atoms with Gasteiger partial charge in [-0.2, -0.15) is 0 Å². The molecule has 6 heteroatoms. The van der Waals surface area contributed by atoms with Gasteiger partial charge >= 0.3 is 6.03 Å². The first-order valence-electron chi connectivity index (χ1n) is 6.16. The Kier molecular flexibility index (Phi) is 4.37. The van der Waals surface area contributed by atoms with Gasteiger partial charge in [0.05, 0.1) is 0 Å². The quantitative estimate of drug-likeness (QED) is 0.609. The van der Waals surface area contributed by atoms with Crippen molar-refractivity contribution in [3.63, 3.8) is 0 Å². The van der Waals surface area contributed by atoms with Crippen molar-refractivity contribution in [3.8, 4) is 0 Å². The molecular formula is C15H13BrN2O3. The van der Waals surface area contributed by atoms with E-state index >= 15 is 0 Å². The number of rotatable bonds is 2. The number of carbonyl (C=O) groups excluding carboxylic acids is 3. The Bertz CT molecular complexity index is 639. The third-order valence-electron chi connectivity index (χ3n) is 3.03. The summed E-state index contributed by atoms with van der Waals surface area (Å²) in [5.41, 5.74) is 0.869. The van der Waals surface area contributed by atoms with E-state index in [1.54, 1.807) is 6.08 Å². The van der Waals surface area contributed by atoms with Gasteiger partial charge in [-0.3, -0.25) is 19.4 Å². The lowest BCUT2D eigenvalue weighted by Crippen LogP contribution is -2.53. The van der Waals surface area contributed by atoms with Crippen molar-refractivity contribution in [2.24, 2.45) is 0 Å². The largest absolute Gasteiger partial charge is 0.333 e. The van der Waals surface area contributed by atoms with E-state index in [1.165, 1.54) is 20.2 Å². The van der Waals surface area contributed by atoms with E-state index in [9.17, 15) is 14.4 Å². The van der Waals surface area contributed by atoms with Gasteiger partial charge in [0.2, 0.25) is 0 Å². The smallest absolute Gasteiger partial charge is 0.268 e. The van der Waals surface area contributed by atoms with Crippen molar-refractivity contribution in [1.82, 2.24) is 9.80 Å². The van der Waals surface area contributed by atoms with E-state index in [2.05, 4.69) is 15.9 Å². The second kappa shape index (κ2) is 6.05. The van der Waals surface area contributed by atoms with E-state index < -0.39 is 17.8 Å². The van der Waals surface area contributed by atoms with Crippen LogP contribution in [0.3, 0.4) is 0 Å². The van der Waals surface area contributed by atoms with Gasteiger partial charge in [-0.1, -0.05) is 46.3 Å². The zero-order valence-corrected chi connectivity index (χ0v) is 13.1. The fraction of sp³-hybridized carbons (Fsp3) is 0.133. The molecule has 108 valence electrons. The van der Waals surface area contributed by atoms with E-state index in [-0.39, 0.29) is 5.57 Å². The van der Waals surface area contributed by atoms with E-state index in [0.29, 0.717) is 4.48 Å².